The van der Waals surface area contributed by atoms with E-state index >= 15 is 4.39 Å². The van der Waals surface area contributed by atoms with E-state index in [2.05, 4.69) is 6.92 Å². The average molecular weight is 529 g/mol. The molecule has 6 heteroatoms. The van der Waals surface area contributed by atoms with Crippen molar-refractivity contribution in [2.24, 2.45) is 0 Å². The number of unbranched alkanes of at least 4 members (excludes halogenated alkanes) is 2. The Morgan fingerprint density at radius 2 is 1.18 bits per heavy atom. The summed E-state index contributed by atoms with van der Waals surface area (Å²) in [6.45, 7) is 2.14. The van der Waals surface area contributed by atoms with Crippen LogP contribution in [0.3, 0.4) is 0 Å². The van der Waals surface area contributed by atoms with Crippen LogP contribution in [0.15, 0.2) is 66.7 Å². The number of aryl methyl sites for hydroxylation is 5. The number of hydrogen-bond acceptors (Lipinski definition) is 0. The van der Waals surface area contributed by atoms with Gasteiger partial charge in [0.15, 0.2) is 0 Å². The largest absolute Gasteiger partial charge is 0.419 e. The molecule has 0 aromatic heterocycles. The minimum atomic E-state index is -4.75. The van der Waals surface area contributed by atoms with Gasteiger partial charge in [0.25, 0.3) is 0 Å². The molecule has 0 bridgehead atoms. The van der Waals surface area contributed by atoms with Crippen molar-refractivity contribution >= 4 is 10.8 Å². The molecule has 0 saturated heterocycles. The third kappa shape index (κ3) is 6.77. The maximum Gasteiger partial charge on any atom is 0.419 e. The lowest BCUT2D eigenvalue weighted by molar-refractivity contribution is -0.140. The predicted octanol–water partition coefficient (Wildman–Crippen LogP) is 9.58. The van der Waals surface area contributed by atoms with Gasteiger partial charge in [-0.15, -0.1) is 0 Å². The van der Waals surface area contributed by atoms with Gasteiger partial charge >= 0.3 is 6.18 Å². The smallest absolute Gasteiger partial charge is 0.207 e. The first kappa shape index (κ1) is 27.7. The first-order valence-electron chi connectivity index (χ1n) is 13.0. The summed E-state index contributed by atoms with van der Waals surface area (Å²) in [5.74, 6) is -1.92. The number of halogens is 6. The van der Waals surface area contributed by atoms with Crippen molar-refractivity contribution in [3.05, 3.63) is 118 Å². The van der Waals surface area contributed by atoms with E-state index in [1.54, 1.807) is 24.3 Å². The lowest BCUT2D eigenvalue weighted by Gasteiger charge is -2.11. The lowest BCUT2D eigenvalue weighted by atomic mass is 9.96. The fraction of sp³-hybridized carbons (Fsp3) is 0.312. The van der Waals surface area contributed by atoms with Crippen LogP contribution in [0.2, 0.25) is 0 Å². The van der Waals surface area contributed by atoms with Crippen molar-refractivity contribution < 1.29 is 26.3 Å². The fourth-order valence-corrected chi connectivity index (χ4v) is 4.77. The SMILES string of the molecule is CCCCCc1ccc(CCc2ccc3c(F)c(CCc4ccc(C(F)(F)F)c(F)c4)ccc3c2)c(F)c1. The maximum absolute atomic E-state index is 15.2. The van der Waals surface area contributed by atoms with Gasteiger partial charge in [0.1, 0.15) is 17.5 Å². The van der Waals surface area contributed by atoms with Gasteiger partial charge in [-0.1, -0.05) is 68.3 Å². The molecule has 0 unspecified atom stereocenters. The molecular formula is C32H30F6. The van der Waals surface area contributed by atoms with Crippen LogP contribution in [0, 0.1) is 17.5 Å². The summed E-state index contributed by atoms with van der Waals surface area (Å²) < 4.78 is 81.9. The van der Waals surface area contributed by atoms with Crippen LogP contribution in [0.4, 0.5) is 26.3 Å². The highest BCUT2D eigenvalue weighted by Gasteiger charge is 2.33. The summed E-state index contributed by atoms with van der Waals surface area (Å²) in [5.41, 5.74) is 2.11. The number of benzene rings is 4. The molecule has 4 rings (SSSR count). The third-order valence-corrected chi connectivity index (χ3v) is 6.99. The minimum absolute atomic E-state index is 0.191. The van der Waals surface area contributed by atoms with Crippen LogP contribution in [-0.2, 0) is 38.3 Å². The molecule has 4 aromatic rings. The second kappa shape index (κ2) is 12.1. The minimum Gasteiger partial charge on any atom is -0.207 e. The van der Waals surface area contributed by atoms with Gasteiger partial charge in [-0.05, 0) is 89.9 Å². The molecule has 0 nitrogen and oxygen atoms in total. The highest BCUT2D eigenvalue weighted by Crippen LogP contribution is 2.32. The molecular weight excluding hydrogens is 498 g/mol. The number of fused-ring (bicyclic) bond motifs is 1. The number of alkyl halides is 3. The van der Waals surface area contributed by atoms with Crippen LogP contribution in [0.25, 0.3) is 10.8 Å². The van der Waals surface area contributed by atoms with Crippen molar-refractivity contribution in [1.29, 1.82) is 0 Å². The van der Waals surface area contributed by atoms with Crippen molar-refractivity contribution in [1.82, 2.24) is 0 Å². The normalized spacial score (nSPS) is 11.9. The summed E-state index contributed by atoms with van der Waals surface area (Å²) in [7, 11) is 0. The highest BCUT2D eigenvalue weighted by atomic mass is 19.4. The summed E-state index contributed by atoms with van der Waals surface area (Å²) in [5, 5.41) is 1.16. The first-order chi connectivity index (χ1) is 18.2. The van der Waals surface area contributed by atoms with E-state index in [-0.39, 0.29) is 18.7 Å². The summed E-state index contributed by atoms with van der Waals surface area (Å²) in [4.78, 5) is 0. The van der Waals surface area contributed by atoms with Crippen LogP contribution in [0.5, 0.6) is 0 Å². The monoisotopic (exact) mass is 528 g/mol. The molecule has 0 aliphatic rings. The van der Waals surface area contributed by atoms with Crippen LogP contribution < -0.4 is 0 Å². The molecule has 0 amide bonds. The van der Waals surface area contributed by atoms with Crippen molar-refractivity contribution in [2.75, 3.05) is 0 Å². The second-order valence-electron chi connectivity index (χ2n) is 9.79. The first-order valence-corrected chi connectivity index (χ1v) is 13.0. The van der Waals surface area contributed by atoms with E-state index in [1.165, 1.54) is 6.07 Å². The topological polar surface area (TPSA) is 0 Å². The quantitative estimate of drug-likeness (QED) is 0.142. The molecule has 0 saturated carbocycles. The molecule has 38 heavy (non-hydrogen) atoms. The van der Waals surface area contributed by atoms with Gasteiger partial charge in [-0.2, -0.15) is 13.2 Å². The Bertz CT molecular complexity index is 1400. The summed E-state index contributed by atoms with van der Waals surface area (Å²) in [6, 6.07) is 17.1. The highest BCUT2D eigenvalue weighted by molar-refractivity contribution is 5.84. The van der Waals surface area contributed by atoms with E-state index in [1.807, 2.05) is 24.3 Å². The molecule has 0 atom stereocenters. The zero-order valence-electron chi connectivity index (χ0n) is 21.3. The predicted molar refractivity (Wildman–Crippen MR) is 140 cm³/mol. The molecule has 4 aromatic carbocycles. The Morgan fingerprint density at radius 1 is 0.579 bits per heavy atom. The molecule has 0 N–H and O–H groups in total. The number of hydrogen-bond donors (Lipinski definition) is 0. The van der Waals surface area contributed by atoms with Crippen LogP contribution in [0.1, 0.15) is 59.6 Å². The Labute approximate surface area is 219 Å². The van der Waals surface area contributed by atoms with Crippen molar-refractivity contribution in [2.45, 2.75) is 64.5 Å². The van der Waals surface area contributed by atoms with Gasteiger partial charge in [0.05, 0.1) is 5.56 Å². The third-order valence-electron chi connectivity index (χ3n) is 6.99. The molecule has 0 spiro atoms. The van der Waals surface area contributed by atoms with Crippen LogP contribution in [-0.4, -0.2) is 0 Å². The zero-order valence-corrected chi connectivity index (χ0v) is 21.3. The Hall–Kier alpha value is -3.28. The van der Waals surface area contributed by atoms with Gasteiger partial charge < -0.3 is 0 Å². The fourth-order valence-electron chi connectivity index (χ4n) is 4.77. The molecule has 0 aliphatic heterocycles. The van der Waals surface area contributed by atoms with E-state index in [9.17, 15) is 22.0 Å². The molecule has 0 radical (unpaired) electrons. The summed E-state index contributed by atoms with van der Waals surface area (Å²) >= 11 is 0. The van der Waals surface area contributed by atoms with Gasteiger partial charge in [-0.25, -0.2) is 13.2 Å². The number of rotatable bonds is 10. The Morgan fingerprint density at radius 3 is 1.87 bits per heavy atom. The van der Waals surface area contributed by atoms with E-state index in [0.29, 0.717) is 34.9 Å². The van der Waals surface area contributed by atoms with E-state index in [4.69, 9.17) is 0 Å². The molecule has 200 valence electrons. The average Bonchev–Trinajstić information content (AvgIpc) is 2.87. The Balaban J connectivity index is 1.41. The van der Waals surface area contributed by atoms with E-state index in [0.717, 1.165) is 54.3 Å². The van der Waals surface area contributed by atoms with Crippen molar-refractivity contribution in [3.8, 4) is 0 Å². The Kier molecular flexibility index (Phi) is 8.80. The van der Waals surface area contributed by atoms with Crippen LogP contribution >= 0.6 is 0 Å². The summed E-state index contributed by atoms with van der Waals surface area (Å²) in [6.07, 6.45) is 1.03. The van der Waals surface area contributed by atoms with Gasteiger partial charge in [-0.3, -0.25) is 0 Å². The van der Waals surface area contributed by atoms with Gasteiger partial charge in [0.2, 0.25) is 0 Å². The second-order valence-corrected chi connectivity index (χ2v) is 9.79. The molecule has 0 fully saturated rings. The zero-order chi connectivity index (χ0) is 27.3. The van der Waals surface area contributed by atoms with Crippen molar-refractivity contribution in [3.63, 3.8) is 0 Å². The van der Waals surface area contributed by atoms with E-state index < -0.39 is 23.4 Å². The molecule has 0 heterocycles. The lowest BCUT2D eigenvalue weighted by Crippen LogP contribution is -2.08. The molecule has 0 aliphatic carbocycles. The standard InChI is InChI=1S/C32H30F6/c1-2-3-4-5-21-6-11-24(29(33)19-21)12-7-22-9-16-27-26(18-22)15-14-25(31(27)35)13-8-23-10-17-28(30(34)20-23)32(36,37)38/h6,9-11,14-20H,2-5,7-8,12-13H2,1H3. The maximum atomic E-state index is 15.2. The van der Waals surface area contributed by atoms with Gasteiger partial charge in [0, 0.05) is 5.39 Å².